The Bertz CT molecular complexity index is 356. The summed E-state index contributed by atoms with van der Waals surface area (Å²) in [6.45, 7) is 7.03. The van der Waals surface area contributed by atoms with E-state index in [1.165, 1.54) is 32.4 Å². The van der Waals surface area contributed by atoms with Crippen LogP contribution in [0.2, 0.25) is 0 Å². The number of hydrogen-bond donors (Lipinski definition) is 3. The number of urea groups is 1. The average Bonchev–Trinajstić information content (AvgIpc) is 2.53. The maximum atomic E-state index is 11.8. The topological polar surface area (TPSA) is 64.6 Å². The van der Waals surface area contributed by atoms with Crippen LogP contribution >= 0.6 is 0 Å². The zero-order chi connectivity index (χ0) is 16.5. The van der Waals surface area contributed by atoms with Gasteiger partial charge in [0.25, 0.3) is 0 Å². The van der Waals surface area contributed by atoms with Gasteiger partial charge in [-0.3, -0.25) is 0 Å². The monoisotopic (exact) mass is 325 g/mol. The molecule has 2 rings (SSSR count). The van der Waals surface area contributed by atoms with Crippen molar-refractivity contribution in [1.82, 2.24) is 15.5 Å². The number of amides is 2. The molecule has 1 saturated heterocycles. The SMILES string of the molecule is CC1CCCN(CCCCNC(=O)NCC2(O)CCCCC2)C1. The molecule has 2 amide bonds. The maximum Gasteiger partial charge on any atom is 0.314 e. The molecular formula is C18H35N3O2. The Morgan fingerprint density at radius 1 is 1.17 bits per heavy atom. The molecule has 2 fully saturated rings. The highest BCUT2D eigenvalue weighted by atomic mass is 16.3. The van der Waals surface area contributed by atoms with Gasteiger partial charge in [-0.2, -0.15) is 0 Å². The van der Waals surface area contributed by atoms with E-state index in [9.17, 15) is 9.90 Å². The van der Waals surface area contributed by atoms with E-state index in [0.717, 1.165) is 51.0 Å². The van der Waals surface area contributed by atoms with Crippen LogP contribution in [0.4, 0.5) is 4.79 Å². The highest BCUT2D eigenvalue weighted by Crippen LogP contribution is 2.27. The smallest absolute Gasteiger partial charge is 0.314 e. The molecule has 2 aliphatic rings. The zero-order valence-corrected chi connectivity index (χ0v) is 14.8. The van der Waals surface area contributed by atoms with Crippen molar-refractivity contribution in [2.75, 3.05) is 32.7 Å². The first-order valence-electron chi connectivity index (χ1n) is 9.54. The van der Waals surface area contributed by atoms with Crippen LogP contribution in [0.15, 0.2) is 0 Å². The number of hydrogen-bond acceptors (Lipinski definition) is 3. The van der Waals surface area contributed by atoms with Gasteiger partial charge in [-0.05, 0) is 57.5 Å². The molecule has 1 aliphatic heterocycles. The second-order valence-corrected chi connectivity index (χ2v) is 7.65. The molecule has 3 N–H and O–H groups in total. The zero-order valence-electron chi connectivity index (χ0n) is 14.8. The third-order valence-electron chi connectivity index (χ3n) is 5.29. The Hall–Kier alpha value is -0.810. The minimum Gasteiger partial charge on any atom is -0.388 e. The van der Waals surface area contributed by atoms with Gasteiger partial charge in [0, 0.05) is 19.6 Å². The Morgan fingerprint density at radius 3 is 2.70 bits per heavy atom. The highest BCUT2D eigenvalue weighted by Gasteiger charge is 2.29. The lowest BCUT2D eigenvalue weighted by Gasteiger charge is -2.32. The Kier molecular flexibility index (Phi) is 7.63. The van der Waals surface area contributed by atoms with E-state index >= 15 is 0 Å². The number of piperidine rings is 1. The molecule has 1 saturated carbocycles. The number of likely N-dealkylation sites (tertiary alicyclic amines) is 1. The molecule has 23 heavy (non-hydrogen) atoms. The number of rotatable bonds is 7. The fraction of sp³-hybridized carbons (Fsp3) is 0.944. The summed E-state index contributed by atoms with van der Waals surface area (Å²) in [4.78, 5) is 14.3. The molecule has 1 atom stereocenters. The lowest BCUT2D eigenvalue weighted by molar-refractivity contribution is 0.00720. The number of nitrogens with one attached hydrogen (secondary N) is 2. The minimum atomic E-state index is -0.680. The highest BCUT2D eigenvalue weighted by molar-refractivity contribution is 5.73. The molecular weight excluding hydrogens is 290 g/mol. The van der Waals surface area contributed by atoms with E-state index in [0.29, 0.717) is 13.1 Å². The van der Waals surface area contributed by atoms with Gasteiger partial charge in [0.05, 0.1) is 5.60 Å². The van der Waals surface area contributed by atoms with Crippen LogP contribution in [0.25, 0.3) is 0 Å². The van der Waals surface area contributed by atoms with Crippen LogP contribution < -0.4 is 10.6 Å². The van der Waals surface area contributed by atoms with Gasteiger partial charge in [0.15, 0.2) is 0 Å². The van der Waals surface area contributed by atoms with Crippen molar-refractivity contribution in [1.29, 1.82) is 0 Å². The van der Waals surface area contributed by atoms with Crippen molar-refractivity contribution in [2.24, 2.45) is 5.92 Å². The summed E-state index contributed by atoms with van der Waals surface area (Å²) < 4.78 is 0. The van der Waals surface area contributed by atoms with E-state index in [2.05, 4.69) is 22.5 Å². The number of nitrogens with zero attached hydrogens (tertiary/aromatic N) is 1. The van der Waals surface area contributed by atoms with E-state index in [1.807, 2.05) is 0 Å². The Balaban J connectivity index is 1.48. The largest absolute Gasteiger partial charge is 0.388 e. The Labute approximate surface area is 141 Å². The van der Waals surface area contributed by atoms with Crippen molar-refractivity contribution in [3.05, 3.63) is 0 Å². The van der Waals surface area contributed by atoms with Crippen LogP contribution in [-0.2, 0) is 0 Å². The van der Waals surface area contributed by atoms with Gasteiger partial charge in [-0.25, -0.2) is 4.79 Å². The summed E-state index contributed by atoms with van der Waals surface area (Å²) in [5.41, 5.74) is -0.680. The molecule has 0 aromatic rings. The fourth-order valence-corrected chi connectivity index (χ4v) is 3.85. The molecule has 1 heterocycles. The summed E-state index contributed by atoms with van der Waals surface area (Å²) in [5, 5.41) is 16.1. The molecule has 0 bridgehead atoms. The van der Waals surface area contributed by atoms with Gasteiger partial charge in [0.2, 0.25) is 0 Å². The van der Waals surface area contributed by atoms with Crippen molar-refractivity contribution in [3.63, 3.8) is 0 Å². The lowest BCUT2D eigenvalue weighted by Crippen LogP contribution is -2.47. The van der Waals surface area contributed by atoms with Crippen molar-refractivity contribution in [3.8, 4) is 0 Å². The van der Waals surface area contributed by atoms with Crippen LogP contribution in [-0.4, -0.2) is 54.4 Å². The summed E-state index contributed by atoms with van der Waals surface area (Å²) in [7, 11) is 0. The number of unbranched alkanes of at least 4 members (excludes halogenated alkanes) is 1. The predicted octanol–water partition coefficient (Wildman–Crippen LogP) is 2.49. The Morgan fingerprint density at radius 2 is 1.96 bits per heavy atom. The molecule has 1 unspecified atom stereocenters. The summed E-state index contributed by atoms with van der Waals surface area (Å²) >= 11 is 0. The first kappa shape index (κ1) is 18.5. The van der Waals surface area contributed by atoms with Gasteiger partial charge >= 0.3 is 6.03 Å². The first-order chi connectivity index (χ1) is 11.1. The molecule has 1 aliphatic carbocycles. The lowest BCUT2D eigenvalue weighted by atomic mass is 9.85. The normalized spacial score (nSPS) is 25.0. The minimum absolute atomic E-state index is 0.143. The van der Waals surface area contributed by atoms with Crippen LogP contribution in [0.5, 0.6) is 0 Å². The van der Waals surface area contributed by atoms with Crippen molar-refractivity contribution >= 4 is 6.03 Å². The van der Waals surface area contributed by atoms with Gasteiger partial charge < -0.3 is 20.6 Å². The number of carbonyl (C=O) groups is 1. The quantitative estimate of drug-likeness (QED) is 0.630. The summed E-state index contributed by atoms with van der Waals surface area (Å²) in [6.07, 6.45) is 9.78. The second kappa shape index (κ2) is 9.48. The van der Waals surface area contributed by atoms with Crippen molar-refractivity contribution in [2.45, 2.75) is 70.3 Å². The summed E-state index contributed by atoms with van der Waals surface area (Å²) in [5.74, 6) is 0.832. The van der Waals surface area contributed by atoms with Gasteiger partial charge in [0.1, 0.15) is 0 Å². The molecule has 0 spiro atoms. The molecule has 0 aromatic carbocycles. The van der Waals surface area contributed by atoms with E-state index in [1.54, 1.807) is 0 Å². The van der Waals surface area contributed by atoms with Gasteiger partial charge in [-0.1, -0.05) is 26.2 Å². The maximum absolute atomic E-state index is 11.8. The number of aliphatic hydroxyl groups is 1. The summed E-state index contributed by atoms with van der Waals surface area (Å²) in [6, 6.07) is -0.143. The van der Waals surface area contributed by atoms with Crippen LogP contribution in [0.3, 0.4) is 0 Å². The third kappa shape index (κ3) is 7.08. The fourth-order valence-electron chi connectivity index (χ4n) is 3.85. The van der Waals surface area contributed by atoms with Crippen LogP contribution in [0.1, 0.15) is 64.7 Å². The second-order valence-electron chi connectivity index (χ2n) is 7.65. The van der Waals surface area contributed by atoms with E-state index < -0.39 is 5.60 Å². The molecule has 5 nitrogen and oxygen atoms in total. The van der Waals surface area contributed by atoms with Crippen molar-refractivity contribution < 1.29 is 9.90 Å². The van der Waals surface area contributed by atoms with Crippen LogP contribution in [0, 0.1) is 5.92 Å². The standard InChI is InChI=1S/C18H35N3O2/c1-16-8-7-13-21(14-16)12-6-5-11-19-17(22)20-15-18(23)9-3-2-4-10-18/h16,23H,2-15H2,1H3,(H2,19,20,22). The van der Waals surface area contributed by atoms with E-state index in [-0.39, 0.29) is 6.03 Å². The molecule has 134 valence electrons. The molecule has 0 radical (unpaired) electrons. The molecule has 0 aromatic heterocycles. The number of carbonyl (C=O) groups excluding carboxylic acids is 1. The van der Waals surface area contributed by atoms with Gasteiger partial charge in [-0.15, -0.1) is 0 Å². The molecule has 5 heteroatoms. The van der Waals surface area contributed by atoms with E-state index in [4.69, 9.17) is 0 Å². The predicted molar refractivity (Wildman–Crippen MR) is 93.5 cm³/mol. The average molecular weight is 325 g/mol. The third-order valence-corrected chi connectivity index (χ3v) is 5.29. The first-order valence-corrected chi connectivity index (χ1v) is 9.54.